The maximum absolute atomic E-state index is 9.89. The highest BCUT2D eigenvalue weighted by Crippen LogP contribution is 2.31. The van der Waals surface area contributed by atoms with E-state index in [1.807, 2.05) is 20.8 Å². The predicted molar refractivity (Wildman–Crippen MR) is 46.9 cm³/mol. The van der Waals surface area contributed by atoms with Crippen molar-refractivity contribution in [2.45, 2.75) is 32.8 Å². The minimum atomic E-state index is -0.929. The van der Waals surface area contributed by atoms with Gasteiger partial charge in [-0.1, -0.05) is 20.8 Å². The number of nitrogens with two attached hydrogens (primary N) is 1. The van der Waals surface area contributed by atoms with E-state index in [1.54, 1.807) is 0 Å². The van der Waals surface area contributed by atoms with Crippen LogP contribution in [0.3, 0.4) is 0 Å². The lowest BCUT2D eigenvalue weighted by Crippen LogP contribution is -2.48. The normalized spacial score (nSPS) is 17.1. The summed E-state index contributed by atoms with van der Waals surface area (Å²) in [6.07, 6.45) is 5.43. The monoisotopic (exact) mass is 155 g/mol. The molecule has 2 heteroatoms. The Bertz CT molecular complexity index is 163. The zero-order chi connectivity index (χ0) is 9.12. The van der Waals surface area contributed by atoms with Gasteiger partial charge < -0.3 is 10.8 Å². The average molecular weight is 155 g/mol. The lowest BCUT2D eigenvalue weighted by Gasteiger charge is -2.38. The van der Waals surface area contributed by atoms with Crippen molar-refractivity contribution in [3.8, 4) is 12.3 Å². The molecule has 1 atom stereocenters. The van der Waals surface area contributed by atoms with Crippen molar-refractivity contribution in [1.29, 1.82) is 0 Å². The number of rotatable bonds is 2. The second kappa shape index (κ2) is 3.25. The van der Waals surface area contributed by atoms with Crippen molar-refractivity contribution in [1.82, 2.24) is 0 Å². The summed E-state index contributed by atoms with van der Waals surface area (Å²) in [5.74, 6) is 2.44. The molecule has 0 rings (SSSR count). The van der Waals surface area contributed by atoms with E-state index in [0.717, 1.165) is 0 Å². The molecule has 11 heavy (non-hydrogen) atoms. The molecule has 0 aromatic carbocycles. The second-order valence-electron chi connectivity index (χ2n) is 3.87. The maximum atomic E-state index is 9.89. The van der Waals surface area contributed by atoms with E-state index in [2.05, 4.69) is 5.92 Å². The minimum Gasteiger partial charge on any atom is -0.387 e. The molecule has 0 fully saturated rings. The quantitative estimate of drug-likeness (QED) is 0.578. The molecule has 0 amide bonds. The van der Waals surface area contributed by atoms with Crippen LogP contribution in [0.1, 0.15) is 27.2 Å². The third-order valence-electron chi connectivity index (χ3n) is 2.13. The van der Waals surface area contributed by atoms with Gasteiger partial charge in [0.15, 0.2) is 0 Å². The Labute approximate surface area is 68.8 Å². The topological polar surface area (TPSA) is 46.2 Å². The number of hydrogen-bond donors (Lipinski definition) is 2. The van der Waals surface area contributed by atoms with Gasteiger partial charge in [-0.2, -0.15) is 0 Å². The molecule has 2 nitrogen and oxygen atoms in total. The Morgan fingerprint density at radius 3 is 2.00 bits per heavy atom. The third kappa shape index (κ3) is 2.21. The van der Waals surface area contributed by atoms with Crippen molar-refractivity contribution in [2.24, 2.45) is 11.1 Å². The third-order valence-corrected chi connectivity index (χ3v) is 2.13. The molecular weight excluding hydrogens is 138 g/mol. The lowest BCUT2D eigenvalue weighted by atomic mass is 9.74. The first-order chi connectivity index (χ1) is 4.87. The fourth-order valence-electron chi connectivity index (χ4n) is 0.812. The van der Waals surface area contributed by atoms with Crippen LogP contribution >= 0.6 is 0 Å². The van der Waals surface area contributed by atoms with Crippen molar-refractivity contribution >= 4 is 0 Å². The van der Waals surface area contributed by atoms with Gasteiger partial charge in [-0.15, -0.1) is 12.3 Å². The van der Waals surface area contributed by atoms with Crippen LogP contribution < -0.4 is 5.73 Å². The molecule has 0 aromatic heterocycles. The maximum Gasteiger partial charge on any atom is 0.0925 e. The number of terminal acetylenes is 1. The van der Waals surface area contributed by atoms with Gasteiger partial charge in [-0.25, -0.2) is 0 Å². The van der Waals surface area contributed by atoms with E-state index in [0.29, 0.717) is 6.42 Å². The molecule has 1 unspecified atom stereocenters. The molecule has 64 valence electrons. The van der Waals surface area contributed by atoms with Crippen LogP contribution in [-0.4, -0.2) is 17.3 Å². The summed E-state index contributed by atoms with van der Waals surface area (Å²) in [6, 6.07) is 0. The summed E-state index contributed by atoms with van der Waals surface area (Å²) in [5, 5.41) is 9.89. The molecule has 0 aliphatic carbocycles. The highest BCUT2D eigenvalue weighted by Gasteiger charge is 2.37. The van der Waals surface area contributed by atoms with Gasteiger partial charge in [0.1, 0.15) is 0 Å². The molecule has 0 aliphatic rings. The highest BCUT2D eigenvalue weighted by molar-refractivity contribution is 5.01. The zero-order valence-electron chi connectivity index (χ0n) is 7.52. The smallest absolute Gasteiger partial charge is 0.0925 e. The van der Waals surface area contributed by atoms with E-state index in [9.17, 15) is 5.11 Å². The molecule has 0 saturated carbocycles. The Morgan fingerprint density at radius 2 is 1.91 bits per heavy atom. The van der Waals surface area contributed by atoms with Crippen LogP contribution in [0.25, 0.3) is 0 Å². The molecule has 0 spiro atoms. The molecule has 0 heterocycles. The number of aliphatic hydroxyl groups is 1. The van der Waals surface area contributed by atoms with E-state index in [4.69, 9.17) is 12.2 Å². The summed E-state index contributed by atoms with van der Waals surface area (Å²) in [7, 11) is 0. The highest BCUT2D eigenvalue weighted by atomic mass is 16.3. The van der Waals surface area contributed by atoms with E-state index < -0.39 is 5.60 Å². The summed E-state index contributed by atoms with van der Waals surface area (Å²) in [5.41, 5.74) is 4.25. The number of hydrogen-bond acceptors (Lipinski definition) is 2. The summed E-state index contributed by atoms with van der Waals surface area (Å²) in [4.78, 5) is 0. The summed E-state index contributed by atoms with van der Waals surface area (Å²) < 4.78 is 0. The first-order valence-electron chi connectivity index (χ1n) is 3.73. The molecule has 0 radical (unpaired) electrons. The van der Waals surface area contributed by atoms with E-state index in [1.165, 1.54) is 0 Å². The predicted octanol–water partition coefficient (Wildman–Crippen LogP) is 0.746. The molecule has 0 saturated heterocycles. The van der Waals surface area contributed by atoms with E-state index in [-0.39, 0.29) is 12.0 Å². The molecule has 0 aliphatic heterocycles. The minimum absolute atomic E-state index is 0.209. The van der Waals surface area contributed by atoms with Crippen LogP contribution in [0.2, 0.25) is 0 Å². The van der Waals surface area contributed by atoms with Crippen molar-refractivity contribution in [2.75, 3.05) is 6.54 Å². The van der Waals surface area contributed by atoms with Gasteiger partial charge in [0, 0.05) is 13.0 Å². The Kier molecular flexibility index (Phi) is 3.10. The van der Waals surface area contributed by atoms with Crippen LogP contribution in [0, 0.1) is 17.8 Å². The molecule has 0 aromatic rings. The summed E-state index contributed by atoms with van der Waals surface area (Å²) >= 11 is 0. The first kappa shape index (κ1) is 10.5. The standard InChI is InChI=1S/C9H17NO/c1-5-6-9(11,7-10)8(2,3)4/h1,11H,6-7,10H2,2-4H3. The van der Waals surface area contributed by atoms with Gasteiger partial charge in [0.25, 0.3) is 0 Å². The van der Waals surface area contributed by atoms with Gasteiger partial charge >= 0.3 is 0 Å². The molecule has 0 bridgehead atoms. The molecule has 3 N–H and O–H groups in total. The van der Waals surface area contributed by atoms with Gasteiger partial charge in [0.2, 0.25) is 0 Å². The summed E-state index contributed by atoms with van der Waals surface area (Å²) in [6.45, 7) is 5.99. The van der Waals surface area contributed by atoms with E-state index >= 15 is 0 Å². The Hall–Kier alpha value is -0.520. The largest absolute Gasteiger partial charge is 0.387 e. The zero-order valence-corrected chi connectivity index (χ0v) is 7.52. The van der Waals surface area contributed by atoms with Gasteiger partial charge in [-0.3, -0.25) is 0 Å². The SMILES string of the molecule is C#CCC(O)(CN)C(C)(C)C. The van der Waals surface area contributed by atoms with Crippen LogP contribution in [0.4, 0.5) is 0 Å². The Morgan fingerprint density at radius 1 is 1.45 bits per heavy atom. The second-order valence-corrected chi connectivity index (χ2v) is 3.87. The van der Waals surface area contributed by atoms with Gasteiger partial charge in [0.05, 0.1) is 5.60 Å². The lowest BCUT2D eigenvalue weighted by molar-refractivity contribution is -0.0450. The molecular formula is C9H17NO. The van der Waals surface area contributed by atoms with Crippen LogP contribution in [0.15, 0.2) is 0 Å². The van der Waals surface area contributed by atoms with Crippen LogP contribution in [-0.2, 0) is 0 Å². The first-order valence-corrected chi connectivity index (χ1v) is 3.73. The van der Waals surface area contributed by atoms with Crippen molar-refractivity contribution < 1.29 is 5.11 Å². The fraction of sp³-hybridized carbons (Fsp3) is 0.778. The Balaban J connectivity index is 4.49. The van der Waals surface area contributed by atoms with Crippen molar-refractivity contribution in [3.63, 3.8) is 0 Å². The van der Waals surface area contributed by atoms with Crippen molar-refractivity contribution in [3.05, 3.63) is 0 Å². The fourth-order valence-corrected chi connectivity index (χ4v) is 0.812. The average Bonchev–Trinajstić information content (AvgIpc) is 1.86. The van der Waals surface area contributed by atoms with Gasteiger partial charge in [-0.05, 0) is 5.41 Å². The van der Waals surface area contributed by atoms with Crippen LogP contribution in [0.5, 0.6) is 0 Å².